The molecule has 0 aliphatic carbocycles. The second-order valence-electron chi connectivity index (χ2n) is 4.77. The number of ether oxygens (including phenoxy) is 1. The number of hydrogen-bond donors (Lipinski definition) is 0. The normalized spacial score (nSPS) is 10.1. The minimum Gasteiger partial charge on any atom is -0.456 e. The molecule has 3 aromatic rings. The lowest BCUT2D eigenvalue weighted by molar-refractivity contribution is 0.0466. The number of nitriles is 1. The van der Waals surface area contributed by atoms with Gasteiger partial charge in [0.15, 0.2) is 0 Å². The fraction of sp³-hybridized carbons (Fsp3) is 0.0556. The second-order valence-corrected chi connectivity index (χ2v) is 4.77. The molecule has 0 aliphatic heterocycles. The Morgan fingerprint density at radius 3 is 2.59 bits per heavy atom. The molecule has 0 unspecified atom stereocenters. The van der Waals surface area contributed by atoms with E-state index in [0.29, 0.717) is 5.56 Å². The van der Waals surface area contributed by atoms with E-state index in [0.717, 1.165) is 16.5 Å². The van der Waals surface area contributed by atoms with Gasteiger partial charge in [-0.05, 0) is 29.8 Å². The SMILES string of the molecule is N#Cc1ccc(COC(=O)c2ccc3ccccc3n2)cc1. The minimum absolute atomic E-state index is 0.152. The number of nitrogens with zero attached hydrogens (tertiary/aromatic N) is 2. The number of hydrogen-bond acceptors (Lipinski definition) is 4. The van der Waals surface area contributed by atoms with Crippen LogP contribution in [0.4, 0.5) is 0 Å². The van der Waals surface area contributed by atoms with Crippen LogP contribution in [0.5, 0.6) is 0 Å². The van der Waals surface area contributed by atoms with Crippen LogP contribution in [-0.4, -0.2) is 11.0 Å². The van der Waals surface area contributed by atoms with Crippen LogP contribution in [0.15, 0.2) is 60.7 Å². The Balaban J connectivity index is 1.71. The molecule has 1 heterocycles. The molecule has 0 amide bonds. The van der Waals surface area contributed by atoms with E-state index in [1.54, 1.807) is 30.3 Å². The zero-order valence-corrected chi connectivity index (χ0v) is 11.7. The molecular formula is C18H12N2O2. The van der Waals surface area contributed by atoms with Crippen molar-refractivity contribution in [2.24, 2.45) is 0 Å². The van der Waals surface area contributed by atoms with Gasteiger partial charge in [0.05, 0.1) is 17.1 Å². The Bertz CT molecular complexity index is 864. The van der Waals surface area contributed by atoms with Gasteiger partial charge in [0, 0.05) is 5.39 Å². The molecule has 0 saturated carbocycles. The maximum atomic E-state index is 12.0. The maximum absolute atomic E-state index is 12.0. The standard InChI is InChI=1S/C18H12N2O2/c19-11-13-5-7-14(8-6-13)12-22-18(21)17-10-9-15-3-1-2-4-16(15)20-17/h1-10H,12H2. The van der Waals surface area contributed by atoms with Crippen LogP contribution in [-0.2, 0) is 11.3 Å². The fourth-order valence-corrected chi connectivity index (χ4v) is 2.08. The summed E-state index contributed by atoms with van der Waals surface area (Å²) in [5.74, 6) is -0.463. The van der Waals surface area contributed by atoms with Crippen molar-refractivity contribution < 1.29 is 9.53 Å². The van der Waals surface area contributed by atoms with Gasteiger partial charge in [-0.2, -0.15) is 5.26 Å². The summed E-state index contributed by atoms with van der Waals surface area (Å²) in [6.45, 7) is 0.152. The van der Waals surface area contributed by atoms with Crippen LogP contribution < -0.4 is 0 Å². The summed E-state index contributed by atoms with van der Waals surface area (Å²) in [5.41, 5.74) is 2.45. The topological polar surface area (TPSA) is 63.0 Å². The van der Waals surface area contributed by atoms with Gasteiger partial charge >= 0.3 is 5.97 Å². The third-order valence-electron chi connectivity index (χ3n) is 3.26. The zero-order chi connectivity index (χ0) is 15.4. The predicted molar refractivity (Wildman–Crippen MR) is 82.0 cm³/mol. The van der Waals surface area contributed by atoms with Crippen LogP contribution in [0.25, 0.3) is 10.9 Å². The summed E-state index contributed by atoms with van der Waals surface area (Å²) in [7, 11) is 0. The summed E-state index contributed by atoms with van der Waals surface area (Å²) >= 11 is 0. The summed E-state index contributed by atoms with van der Waals surface area (Å²) in [6.07, 6.45) is 0. The predicted octanol–water partition coefficient (Wildman–Crippen LogP) is 3.46. The van der Waals surface area contributed by atoms with Crippen molar-refractivity contribution in [2.45, 2.75) is 6.61 Å². The number of fused-ring (bicyclic) bond motifs is 1. The number of benzene rings is 2. The number of esters is 1. The summed E-state index contributed by atoms with van der Waals surface area (Å²) in [6, 6.07) is 20.1. The molecule has 0 fully saturated rings. The summed E-state index contributed by atoms with van der Waals surface area (Å²) in [4.78, 5) is 16.3. The molecule has 106 valence electrons. The first-order chi connectivity index (χ1) is 10.8. The van der Waals surface area contributed by atoms with E-state index < -0.39 is 5.97 Å². The van der Waals surface area contributed by atoms with Crippen molar-refractivity contribution in [3.8, 4) is 6.07 Å². The first kappa shape index (κ1) is 13.8. The highest BCUT2D eigenvalue weighted by atomic mass is 16.5. The van der Waals surface area contributed by atoms with E-state index in [4.69, 9.17) is 10.00 Å². The Morgan fingerprint density at radius 2 is 1.82 bits per heavy atom. The average Bonchev–Trinajstić information content (AvgIpc) is 2.59. The molecule has 22 heavy (non-hydrogen) atoms. The van der Waals surface area contributed by atoms with Gasteiger partial charge in [0.1, 0.15) is 12.3 Å². The molecular weight excluding hydrogens is 276 g/mol. The van der Waals surface area contributed by atoms with Crippen LogP contribution in [0.1, 0.15) is 21.6 Å². The number of aromatic nitrogens is 1. The molecule has 2 aromatic carbocycles. The number of carbonyl (C=O) groups is 1. The zero-order valence-electron chi connectivity index (χ0n) is 11.7. The number of carbonyl (C=O) groups excluding carboxylic acids is 1. The summed E-state index contributed by atoms with van der Waals surface area (Å²) in [5, 5.41) is 9.72. The van der Waals surface area contributed by atoms with Crippen LogP contribution >= 0.6 is 0 Å². The van der Waals surface area contributed by atoms with E-state index in [-0.39, 0.29) is 12.3 Å². The van der Waals surface area contributed by atoms with Gasteiger partial charge in [-0.25, -0.2) is 9.78 Å². The number of rotatable bonds is 3. The largest absolute Gasteiger partial charge is 0.456 e. The highest BCUT2D eigenvalue weighted by Gasteiger charge is 2.09. The minimum atomic E-state index is -0.463. The quantitative estimate of drug-likeness (QED) is 0.692. The van der Waals surface area contributed by atoms with E-state index >= 15 is 0 Å². The molecule has 0 N–H and O–H groups in total. The first-order valence-corrected chi connectivity index (χ1v) is 6.78. The highest BCUT2D eigenvalue weighted by Crippen LogP contribution is 2.13. The number of pyridine rings is 1. The smallest absolute Gasteiger partial charge is 0.357 e. The van der Waals surface area contributed by atoms with Crippen molar-refractivity contribution in [1.29, 1.82) is 5.26 Å². The van der Waals surface area contributed by atoms with E-state index in [1.165, 1.54) is 0 Å². The van der Waals surface area contributed by atoms with Crippen LogP contribution in [0.3, 0.4) is 0 Å². The Kier molecular flexibility index (Phi) is 3.80. The molecule has 0 spiro atoms. The maximum Gasteiger partial charge on any atom is 0.357 e. The Morgan fingerprint density at radius 1 is 1.05 bits per heavy atom. The van der Waals surface area contributed by atoms with Crippen LogP contribution in [0, 0.1) is 11.3 Å². The number of para-hydroxylation sites is 1. The third kappa shape index (κ3) is 2.94. The third-order valence-corrected chi connectivity index (χ3v) is 3.26. The van der Waals surface area contributed by atoms with Crippen molar-refractivity contribution in [3.63, 3.8) is 0 Å². The lowest BCUT2D eigenvalue weighted by atomic mass is 10.1. The van der Waals surface area contributed by atoms with Crippen LogP contribution in [0.2, 0.25) is 0 Å². The molecule has 0 saturated heterocycles. The van der Waals surface area contributed by atoms with Crippen molar-refractivity contribution in [3.05, 3.63) is 77.5 Å². The van der Waals surface area contributed by atoms with E-state index in [1.807, 2.05) is 36.4 Å². The molecule has 0 aliphatic rings. The first-order valence-electron chi connectivity index (χ1n) is 6.78. The van der Waals surface area contributed by atoms with Gasteiger partial charge in [-0.15, -0.1) is 0 Å². The average molecular weight is 288 g/mol. The molecule has 4 heteroatoms. The molecule has 4 nitrogen and oxygen atoms in total. The van der Waals surface area contributed by atoms with Gasteiger partial charge < -0.3 is 4.74 Å². The van der Waals surface area contributed by atoms with Crippen molar-refractivity contribution in [2.75, 3.05) is 0 Å². The highest BCUT2D eigenvalue weighted by molar-refractivity contribution is 5.90. The Hall–Kier alpha value is -3.19. The van der Waals surface area contributed by atoms with Crippen molar-refractivity contribution >= 4 is 16.9 Å². The molecule has 0 atom stereocenters. The lowest BCUT2D eigenvalue weighted by Crippen LogP contribution is -2.07. The van der Waals surface area contributed by atoms with E-state index in [2.05, 4.69) is 4.98 Å². The van der Waals surface area contributed by atoms with Gasteiger partial charge in [0.25, 0.3) is 0 Å². The van der Waals surface area contributed by atoms with E-state index in [9.17, 15) is 4.79 Å². The monoisotopic (exact) mass is 288 g/mol. The molecule has 0 bridgehead atoms. The second kappa shape index (κ2) is 6.06. The van der Waals surface area contributed by atoms with Crippen molar-refractivity contribution in [1.82, 2.24) is 4.98 Å². The van der Waals surface area contributed by atoms with Gasteiger partial charge in [-0.1, -0.05) is 36.4 Å². The Labute approximate surface area is 127 Å². The van der Waals surface area contributed by atoms with Gasteiger partial charge in [-0.3, -0.25) is 0 Å². The van der Waals surface area contributed by atoms with Gasteiger partial charge in [0.2, 0.25) is 0 Å². The fourth-order valence-electron chi connectivity index (χ4n) is 2.08. The molecule has 0 radical (unpaired) electrons. The molecule has 1 aromatic heterocycles. The summed E-state index contributed by atoms with van der Waals surface area (Å²) < 4.78 is 5.25. The molecule has 3 rings (SSSR count). The lowest BCUT2D eigenvalue weighted by Gasteiger charge is -2.05.